The van der Waals surface area contributed by atoms with Crippen molar-refractivity contribution in [2.45, 2.75) is 57.3 Å². The van der Waals surface area contributed by atoms with Gasteiger partial charge in [0.1, 0.15) is 11.1 Å². The highest BCUT2D eigenvalue weighted by Gasteiger charge is 2.42. The summed E-state index contributed by atoms with van der Waals surface area (Å²) in [4.78, 5) is 14.5. The molecule has 22 heavy (non-hydrogen) atoms. The smallest absolute Gasteiger partial charge is 0.249 e. The summed E-state index contributed by atoms with van der Waals surface area (Å²) in [5.74, 6) is 0.597. The number of piperidine rings is 1. The van der Waals surface area contributed by atoms with Gasteiger partial charge in [0.2, 0.25) is 11.0 Å². The number of nitrogens with zero attached hydrogens (tertiary/aromatic N) is 3. The predicted octanol–water partition coefficient (Wildman–Crippen LogP) is 1.50. The zero-order valence-electron chi connectivity index (χ0n) is 12.8. The third-order valence-corrected chi connectivity index (χ3v) is 5.98. The Labute approximate surface area is 134 Å². The van der Waals surface area contributed by atoms with Crippen LogP contribution in [-0.4, -0.2) is 47.4 Å². The molecule has 1 amide bonds. The van der Waals surface area contributed by atoms with Crippen LogP contribution >= 0.6 is 11.3 Å². The van der Waals surface area contributed by atoms with Gasteiger partial charge in [-0.1, -0.05) is 11.3 Å². The first-order valence-corrected chi connectivity index (χ1v) is 9.01. The summed E-state index contributed by atoms with van der Waals surface area (Å²) in [6, 6.07) is 0.389. The highest BCUT2D eigenvalue weighted by Crippen LogP contribution is 2.35. The van der Waals surface area contributed by atoms with Gasteiger partial charge in [-0.05, 0) is 44.9 Å². The van der Waals surface area contributed by atoms with E-state index in [1.165, 1.54) is 6.42 Å². The number of rotatable bonds is 3. The number of aromatic nitrogens is 2. The molecule has 3 atom stereocenters. The number of aryl methyl sites for hydroxylation is 1. The minimum Gasteiger partial charge on any atom is -0.363 e. The molecule has 0 radical (unpaired) electrons. The maximum Gasteiger partial charge on any atom is 0.249 e. The number of ether oxygens (including phenoxy) is 1. The maximum atomic E-state index is 12.3. The van der Waals surface area contributed by atoms with Crippen LogP contribution in [0.4, 0.5) is 5.13 Å². The topological polar surface area (TPSA) is 67.4 Å². The molecule has 0 aromatic carbocycles. The van der Waals surface area contributed by atoms with Gasteiger partial charge in [0.05, 0.1) is 6.10 Å². The number of carbonyl (C=O) groups excluding carboxylic acids is 1. The standard InChI is InChI=1S/C15H22N4O2S/c1-9-17-18-15(22-9)19-6-5-10-7-12(21-13(10)8-19)14(20)16-11-3-2-4-11/h10-13H,2-8H2,1H3,(H,16,20)/t10-,12-,13+/m0/s1. The first-order chi connectivity index (χ1) is 10.7. The third kappa shape index (κ3) is 2.72. The van der Waals surface area contributed by atoms with E-state index in [9.17, 15) is 4.79 Å². The molecule has 120 valence electrons. The van der Waals surface area contributed by atoms with E-state index in [0.29, 0.717) is 12.0 Å². The van der Waals surface area contributed by atoms with Crippen LogP contribution in [0.5, 0.6) is 0 Å². The van der Waals surface area contributed by atoms with E-state index in [2.05, 4.69) is 20.4 Å². The molecule has 3 fully saturated rings. The Morgan fingerprint density at radius 1 is 1.36 bits per heavy atom. The summed E-state index contributed by atoms with van der Waals surface area (Å²) < 4.78 is 6.06. The molecular formula is C15H22N4O2S. The number of amides is 1. The number of hydrogen-bond donors (Lipinski definition) is 1. The highest BCUT2D eigenvalue weighted by atomic mass is 32.1. The molecule has 2 aliphatic heterocycles. The van der Waals surface area contributed by atoms with Crippen molar-refractivity contribution in [1.82, 2.24) is 15.5 Å². The molecule has 6 nitrogen and oxygen atoms in total. The minimum atomic E-state index is -0.258. The van der Waals surface area contributed by atoms with Gasteiger partial charge in [0, 0.05) is 19.1 Å². The third-order valence-electron chi connectivity index (χ3n) is 5.08. The van der Waals surface area contributed by atoms with E-state index in [1.54, 1.807) is 11.3 Å². The SMILES string of the molecule is Cc1nnc(N2CC[C@H]3C[C@@H](C(=O)NC4CCC4)O[C@@H]3C2)s1. The summed E-state index contributed by atoms with van der Waals surface area (Å²) >= 11 is 1.62. The van der Waals surface area contributed by atoms with Crippen molar-refractivity contribution in [3.63, 3.8) is 0 Å². The molecular weight excluding hydrogens is 300 g/mol. The van der Waals surface area contributed by atoms with Crippen LogP contribution in [0.15, 0.2) is 0 Å². The summed E-state index contributed by atoms with van der Waals surface area (Å²) in [6.45, 7) is 3.78. The van der Waals surface area contributed by atoms with Crippen LogP contribution in [-0.2, 0) is 9.53 Å². The Balaban J connectivity index is 1.36. The van der Waals surface area contributed by atoms with Crippen molar-refractivity contribution in [1.29, 1.82) is 0 Å². The van der Waals surface area contributed by atoms with Crippen molar-refractivity contribution in [3.05, 3.63) is 5.01 Å². The second-order valence-corrected chi connectivity index (χ2v) is 7.79. The van der Waals surface area contributed by atoms with Gasteiger partial charge in [0.25, 0.3) is 0 Å². The van der Waals surface area contributed by atoms with E-state index >= 15 is 0 Å². The minimum absolute atomic E-state index is 0.0948. The van der Waals surface area contributed by atoms with Crippen molar-refractivity contribution in [3.8, 4) is 0 Å². The van der Waals surface area contributed by atoms with E-state index in [4.69, 9.17) is 4.74 Å². The van der Waals surface area contributed by atoms with Gasteiger partial charge < -0.3 is 15.0 Å². The van der Waals surface area contributed by atoms with E-state index in [1.807, 2.05) is 6.92 Å². The van der Waals surface area contributed by atoms with Crippen LogP contribution in [0, 0.1) is 12.8 Å². The Morgan fingerprint density at radius 3 is 2.91 bits per heavy atom. The van der Waals surface area contributed by atoms with Gasteiger partial charge in [0.15, 0.2) is 0 Å². The van der Waals surface area contributed by atoms with Crippen LogP contribution in [0.1, 0.15) is 37.1 Å². The van der Waals surface area contributed by atoms with E-state index in [-0.39, 0.29) is 18.1 Å². The molecule has 0 bridgehead atoms. The largest absolute Gasteiger partial charge is 0.363 e. The van der Waals surface area contributed by atoms with Crippen LogP contribution in [0.25, 0.3) is 0 Å². The fourth-order valence-electron chi connectivity index (χ4n) is 3.53. The lowest BCUT2D eigenvalue weighted by Gasteiger charge is -2.33. The van der Waals surface area contributed by atoms with Crippen LogP contribution < -0.4 is 10.2 Å². The first kappa shape index (κ1) is 14.4. The van der Waals surface area contributed by atoms with Crippen molar-refractivity contribution in [2.24, 2.45) is 5.92 Å². The molecule has 4 rings (SSSR count). The molecule has 2 saturated heterocycles. The second-order valence-electron chi connectivity index (χ2n) is 6.63. The highest BCUT2D eigenvalue weighted by molar-refractivity contribution is 7.15. The van der Waals surface area contributed by atoms with Gasteiger partial charge >= 0.3 is 0 Å². The number of anilines is 1. The van der Waals surface area contributed by atoms with Gasteiger partial charge in [-0.3, -0.25) is 4.79 Å². The molecule has 1 aromatic heterocycles. The quantitative estimate of drug-likeness (QED) is 0.913. The molecule has 7 heteroatoms. The normalized spacial score (nSPS) is 31.7. The fraction of sp³-hybridized carbons (Fsp3) is 0.800. The van der Waals surface area contributed by atoms with Crippen molar-refractivity contribution in [2.75, 3.05) is 18.0 Å². The summed E-state index contributed by atoms with van der Waals surface area (Å²) in [7, 11) is 0. The van der Waals surface area contributed by atoms with Gasteiger partial charge in [-0.25, -0.2) is 0 Å². The summed E-state index contributed by atoms with van der Waals surface area (Å²) in [5, 5.41) is 13.4. The molecule has 1 N–H and O–H groups in total. The molecule has 0 spiro atoms. The lowest BCUT2D eigenvalue weighted by molar-refractivity contribution is -0.133. The van der Waals surface area contributed by atoms with Crippen LogP contribution in [0.3, 0.4) is 0 Å². The number of hydrogen-bond acceptors (Lipinski definition) is 6. The van der Waals surface area contributed by atoms with Gasteiger partial charge in [-0.2, -0.15) is 0 Å². The molecule has 3 heterocycles. The van der Waals surface area contributed by atoms with E-state index in [0.717, 1.165) is 48.9 Å². The van der Waals surface area contributed by atoms with Crippen LogP contribution in [0.2, 0.25) is 0 Å². The number of carbonyl (C=O) groups is 1. The average Bonchev–Trinajstić information content (AvgIpc) is 3.07. The second kappa shape index (κ2) is 5.77. The van der Waals surface area contributed by atoms with Crippen molar-refractivity contribution >= 4 is 22.4 Å². The Kier molecular flexibility index (Phi) is 3.78. The Hall–Kier alpha value is -1.21. The lowest BCUT2D eigenvalue weighted by atomic mass is 9.91. The molecule has 3 aliphatic rings. The average molecular weight is 322 g/mol. The first-order valence-electron chi connectivity index (χ1n) is 8.20. The fourth-order valence-corrected chi connectivity index (χ4v) is 4.26. The predicted molar refractivity (Wildman–Crippen MR) is 84.0 cm³/mol. The monoisotopic (exact) mass is 322 g/mol. The molecule has 1 aliphatic carbocycles. The molecule has 1 saturated carbocycles. The molecule has 0 unspecified atom stereocenters. The van der Waals surface area contributed by atoms with Gasteiger partial charge in [-0.15, -0.1) is 10.2 Å². The number of nitrogens with one attached hydrogen (secondary N) is 1. The van der Waals surface area contributed by atoms with E-state index < -0.39 is 0 Å². The zero-order chi connectivity index (χ0) is 15.1. The maximum absolute atomic E-state index is 12.3. The van der Waals surface area contributed by atoms with Crippen molar-refractivity contribution < 1.29 is 9.53 Å². The Bertz CT molecular complexity index is 559. The zero-order valence-corrected chi connectivity index (χ0v) is 13.6. The summed E-state index contributed by atoms with van der Waals surface area (Å²) in [5.41, 5.74) is 0. The summed E-state index contributed by atoms with van der Waals surface area (Å²) in [6.07, 6.45) is 5.30. The Morgan fingerprint density at radius 2 is 2.23 bits per heavy atom. The lowest BCUT2D eigenvalue weighted by Crippen LogP contribution is -2.45. The molecule has 1 aromatic rings. The number of fused-ring (bicyclic) bond motifs is 1.